The summed E-state index contributed by atoms with van der Waals surface area (Å²) in [5.41, 5.74) is 4.45. The normalized spacial score (nSPS) is 11.2. The highest BCUT2D eigenvalue weighted by atomic mass is 16.5. The standard InChI is InChI=1S/C27H26N2O2/c1-19-5-15-25(28-17-19)30-23-11-7-21(8-12-23)27(3,4)22-9-13-24(14-10-22)31-26-16-6-20(2)18-29-26/h5-18H,1-4H3. The first-order valence-corrected chi connectivity index (χ1v) is 10.3. The van der Waals surface area contributed by atoms with Crippen LogP contribution in [-0.4, -0.2) is 9.97 Å². The Morgan fingerprint density at radius 2 is 0.935 bits per heavy atom. The predicted molar refractivity (Wildman–Crippen MR) is 123 cm³/mol. The highest BCUT2D eigenvalue weighted by Gasteiger charge is 2.23. The molecule has 0 unspecified atom stereocenters. The Labute approximate surface area is 183 Å². The van der Waals surface area contributed by atoms with Crippen molar-refractivity contribution in [1.29, 1.82) is 0 Å². The van der Waals surface area contributed by atoms with E-state index in [0.717, 1.165) is 22.6 Å². The zero-order chi connectivity index (χ0) is 21.8. The maximum absolute atomic E-state index is 5.85. The van der Waals surface area contributed by atoms with E-state index in [2.05, 4.69) is 48.1 Å². The Morgan fingerprint density at radius 3 is 1.26 bits per heavy atom. The van der Waals surface area contributed by atoms with Crippen LogP contribution in [0.25, 0.3) is 0 Å². The highest BCUT2D eigenvalue weighted by Crippen LogP contribution is 2.34. The number of benzene rings is 2. The molecule has 31 heavy (non-hydrogen) atoms. The van der Waals surface area contributed by atoms with Crippen LogP contribution in [0, 0.1) is 13.8 Å². The summed E-state index contributed by atoms with van der Waals surface area (Å²) in [5.74, 6) is 2.73. The van der Waals surface area contributed by atoms with Crippen LogP contribution < -0.4 is 9.47 Å². The fourth-order valence-corrected chi connectivity index (χ4v) is 3.32. The van der Waals surface area contributed by atoms with E-state index in [9.17, 15) is 0 Å². The third-order valence-electron chi connectivity index (χ3n) is 5.37. The monoisotopic (exact) mass is 410 g/mol. The second-order valence-electron chi connectivity index (χ2n) is 8.23. The van der Waals surface area contributed by atoms with Gasteiger partial charge in [0, 0.05) is 29.9 Å². The van der Waals surface area contributed by atoms with E-state index in [1.807, 2.05) is 62.4 Å². The minimum atomic E-state index is -0.165. The van der Waals surface area contributed by atoms with Crippen molar-refractivity contribution in [3.05, 3.63) is 107 Å². The summed E-state index contributed by atoms with van der Waals surface area (Å²) in [7, 11) is 0. The Hall–Kier alpha value is -3.66. The van der Waals surface area contributed by atoms with Crippen molar-refractivity contribution < 1.29 is 9.47 Å². The lowest BCUT2D eigenvalue weighted by Gasteiger charge is -2.26. The van der Waals surface area contributed by atoms with Gasteiger partial charge in [-0.2, -0.15) is 0 Å². The molecule has 2 aromatic carbocycles. The fourth-order valence-electron chi connectivity index (χ4n) is 3.32. The number of hydrogen-bond donors (Lipinski definition) is 0. The van der Waals surface area contributed by atoms with Crippen molar-refractivity contribution in [3.8, 4) is 23.3 Å². The van der Waals surface area contributed by atoms with Gasteiger partial charge in [0.2, 0.25) is 11.8 Å². The van der Waals surface area contributed by atoms with Crippen LogP contribution in [0.2, 0.25) is 0 Å². The van der Waals surface area contributed by atoms with Gasteiger partial charge in [-0.1, -0.05) is 50.2 Å². The van der Waals surface area contributed by atoms with Crippen LogP contribution in [0.15, 0.2) is 85.2 Å². The molecule has 0 N–H and O–H groups in total. The lowest BCUT2D eigenvalue weighted by molar-refractivity contribution is 0.461. The number of aromatic nitrogens is 2. The topological polar surface area (TPSA) is 44.2 Å². The van der Waals surface area contributed by atoms with Gasteiger partial charge in [0.05, 0.1) is 0 Å². The smallest absolute Gasteiger partial charge is 0.219 e. The summed E-state index contributed by atoms with van der Waals surface area (Å²) in [5, 5.41) is 0. The zero-order valence-corrected chi connectivity index (χ0v) is 18.3. The Balaban J connectivity index is 1.46. The summed E-state index contributed by atoms with van der Waals surface area (Å²) < 4.78 is 11.7. The molecule has 4 rings (SSSR count). The van der Waals surface area contributed by atoms with E-state index in [4.69, 9.17) is 9.47 Å². The van der Waals surface area contributed by atoms with E-state index in [1.165, 1.54) is 11.1 Å². The first kappa shape index (κ1) is 20.6. The van der Waals surface area contributed by atoms with Crippen molar-refractivity contribution >= 4 is 0 Å². The summed E-state index contributed by atoms with van der Waals surface area (Å²) in [6.45, 7) is 8.43. The molecule has 0 amide bonds. The third kappa shape index (κ3) is 4.92. The lowest BCUT2D eigenvalue weighted by Crippen LogP contribution is -2.18. The molecule has 2 heterocycles. The van der Waals surface area contributed by atoms with Crippen molar-refractivity contribution in [2.45, 2.75) is 33.1 Å². The molecule has 0 atom stereocenters. The van der Waals surface area contributed by atoms with Crippen molar-refractivity contribution in [3.63, 3.8) is 0 Å². The quantitative estimate of drug-likeness (QED) is 0.343. The molecular formula is C27H26N2O2. The van der Waals surface area contributed by atoms with Crippen LogP contribution in [0.1, 0.15) is 36.1 Å². The molecule has 4 nitrogen and oxygen atoms in total. The minimum absolute atomic E-state index is 0.165. The van der Waals surface area contributed by atoms with Gasteiger partial charge in [0.1, 0.15) is 11.5 Å². The molecule has 0 aliphatic carbocycles. The molecule has 0 saturated carbocycles. The molecule has 4 aromatic rings. The molecule has 0 saturated heterocycles. The van der Waals surface area contributed by atoms with Gasteiger partial charge in [0.25, 0.3) is 0 Å². The third-order valence-corrected chi connectivity index (χ3v) is 5.37. The molecule has 0 radical (unpaired) electrons. The maximum Gasteiger partial charge on any atom is 0.219 e. The second kappa shape index (κ2) is 8.60. The number of pyridine rings is 2. The van der Waals surface area contributed by atoms with E-state index in [0.29, 0.717) is 11.8 Å². The molecule has 0 aliphatic rings. The summed E-state index contributed by atoms with van der Waals surface area (Å²) >= 11 is 0. The number of hydrogen-bond acceptors (Lipinski definition) is 4. The molecule has 0 spiro atoms. The predicted octanol–water partition coefficient (Wildman–Crippen LogP) is 7.00. The van der Waals surface area contributed by atoms with Gasteiger partial charge in [-0.05, 0) is 60.4 Å². The van der Waals surface area contributed by atoms with Crippen LogP contribution in [0.4, 0.5) is 0 Å². The van der Waals surface area contributed by atoms with Crippen LogP contribution >= 0.6 is 0 Å². The van der Waals surface area contributed by atoms with Gasteiger partial charge >= 0.3 is 0 Å². The number of rotatable bonds is 6. The average Bonchev–Trinajstić information content (AvgIpc) is 2.78. The number of nitrogens with zero attached hydrogens (tertiary/aromatic N) is 2. The fraction of sp³-hybridized carbons (Fsp3) is 0.185. The van der Waals surface area contributed by atoms with Gasteiger partial charge in [-0.3, -0.25) is 0 Å². The van der Waals surface area contributed by atoms with Crippen molar-refractivity contribution in [1.82, 2.24) is 9.97 Å². The maximum atomic E-state index is 5.85. The van der Waals surface area contributed by atoms with Gasteiger partial charge in [-0.25, -0.2) is 9.97 Å². The number of aryl methyl sites for hydroxylation is 2. The van der Waals surface area contributed by atoms with E-state index in [-0.39, 0.29) is 5.41 Å². The Bertz CT molecular complexity index is 1040. The van der Waals surface area contributed by atoms with Gasteiger partial charge in [0.15, 0.2) is 0 Å². The summed E-state index contributed by atoms with van der Waals surface area (Å²) in [6, 6.07) is 24.1. The van der Waals surface area contributed by atoms with Crippen molar-refractivity contribution in [2.75, 3.05) is 0 Å². The molecule has 2 aromatic heterocycles. The minimum Gasteiger partial charge on any atom is -0.439 e. The lowest BCUT2D eigenvalue weighted by atomic mass is 9.78. The molecular weight excluding hydrogens is 384 g/mol. The molecule has 0 fully saturated rings. The largest absolute Gasteiger partial charge is 0.439 e. The average molecular weight is 411 g/mol. The SMILES string of the molecule is Cc1ccc(Oc2ccc(C(C)(C)c3ccc(Oc4ccc(C)cn4)cc3)cc2)nc1. The molecule has 156 valence electrons. The molecule has 0 bridgehead atoms. The van der Waals surface area contributed by atoms with Gasteiger partial charge in [-0.15, -0.1) is 0 Å². The Kier molecular flexibility index (Phi) is 5.72. The van der Waals surface area contributed by atoms with Gasteiger partial charge < -0.3 is 9.47 Å². The summed E-state index contributed by atoms with van der Waals surface area (Å²) in [4.78, 5) is 8.59. The number of ether oxygens (including phenoxy) is 2. The van der Waals surface area contributed by atoms with Crippen molar-refractivity contribution in [2.24, 2.45) is 0 Å². The second-order valence-corrected chi connectivity index (χ2v) is 8.23. The summed E-state index contributed by atoms with van der Waals surface area (Å²) in [6.07, 6.45) is 3.60. The first-order valence-electron chi connectivity index (χ1n) is 10.3. The first-order chi connectivity index (χ1) is 14.9. The van der Waals surface area contributed by atoms with Crippen LogP contribution in [0.3, 0.4) is 0 Å². The van der Waals surface area contributed by atoms with Crippen LogP contribution in [-0.2, 0) is 5.41 Å². The van der Waals surface area contributed by atoms with E-state index in [1.54, 1.807) is 12.4 Å². The molecule has 0 aliphatic heterocycles. The molecule has 4 heteroatoms. The van der Waals surface area contributed by atoms with E-state index < -0.39 is 0 Å². The van der Waals surface area contributed by atoms with E-state index >= 15 is 0 Å². The van der Waals surface area contributed by atoms with Crippen LogP contribution in [0.5, 0.6) is 23.3 Å². The zero-order valence-electron chi connectivity index (χ0n) is 18.3. The Morgan fingerprint density at radius 1 is 0.548 bits per heavy atom. The highest BCUT2D eigenvalue weighted by molar-refractivity contribution is 5.43.